The Morgan fingerprint density at radius 2 is 1.79 bits per heavy atom. The number of anilines is 1. The van der Waals surface area contributed by atoms with Gasteiger partial charge in [0.2, 0.25) is 15.9 Å². The van der Waals surface area contributed by atoms with Gasteiger partial charge in [-0.05, 0) is 43.9 Å². The number of nitrogens with zero attached hydrogens (tertiary/aromatic N) is 2. The molecular formula is C24H32N4O5S. The van der Waals surface area contributed by atoms with Crippen LogP contribution in [0.2, 0.25) is 0 Å². The lowest BCUT2D eigenvalue weighted by molar-refractivity contribution is -0.120. The third kappa shape index (κ3) is 5.28. The number of carbonyl (C=O) groups is 2. The Kier molecular flexibility index (Phi) is 7.57. The van der Waals surface area contributed by atoms with E-state index in [9.17, 15) is 18.0 Å². The smallest absolute Gasteiger partial charge is 0.270 e. The normalized spacial score (nSPS) is 19.9. The van der Waals surface area contributed by atoms with Crippen LogP contribution >= 0.6 is 0 Å². The molecule has 1 unspecified atom stereocenters. The molecule has 0 radical (unpaired) electrons. The molecule has 9 nitrogen and oxygen atoms in total. The Hall–Kier alpha value is -2.85. The van der Waals surface area contributed by atoms with E-state index in [1.54, 1.807) is 23.1 Å². The standard InChI is InChI=1S/C24H32N4O5S/c1-33-22-11-5-4-10-20(22)26-23(29)18-9-8-14-28(17-18)34(31,32)19-15-21(25-16-19)24(30)27-12-6-2-3-7-13-27/h4-5,10-11,15-16,18,25H,2-3,6-9,12-14,17H2,1H3,(H,26,29). The summed E-state index contributed by atoms with van der Waals surface area (Å²) in [4.78, 5) is 30.5. The highest BCUT2D eigenvalue weighted by atomic mass is 32.2. The summed E-state index contributed by atoms with van der Waals surface area (Å²) in [6.07, 6.45) is 6.68. The topological polar surface area (TPSA) is 112 Å². The van der Waals surface area contributed by atoms with Crippen LogP contribution in [-0.4, -0.2) is 67.7 Å². The molecule has 2 aliphatic heterocycles. The average Bonchev–Trinajstić information content (AvgIpc) is 3.21. The molecule has 2 fully saturated rings. The minimum atomic E-state index is -3.84. The highest BCUT2D eigenvalue weighted by Crippen LogP contribution is 2.28. The highest BCUT2D eigenvalue weighted by molar-refractivity contribution is 7.89. The van der Waals surface area contributed by atoms with Gasteiger partial charge < -0.3 is 19.9 Å². The third-order valence-electron chi connectivity index (χ3n) is 6.54. The van der Waals surface area contributed by atoms with Gasteiger partial charge in [0.05, 0.1) is 18.7 Å². The number of aromatic nitrogens is 1. The second-order valence-corrected chi connectivity index (χ2v) is 10.8. The SMILES string of the molecule is COc1ccccc1NC(=O)C1CCCN(S(=O)(=O)c2c[nH]c(C(=O)N3CCCCCC3)c2)C1. The van der Waals surface area contributed by atoms with Crippen LogP contribution < -0.4 is 10.1 Å². The number of hydrogen-bond acceptors (Lipinski definition) is 5. The van der Waals surface area contributed by atoms with Gasteiger partial charge in [-0.3, -0.25) is 9.59 Å². The average molecular weight is 489 g/mol. The predicted molar refractivity (Wildman–Crippen MR) is 128 cm³/mol. The number of likely N-dealkylation sites (tertiary alicyclic amines) is 1. The number of aromatic amines is 1. The van der Waals surface area contributed by atoms with Crippen molar-refractivity contribution in [3.05, 3.63) is 42.2 Å². The maximum atomic E-state index is 13.3. The van der Waals surface area contributed by atoms with E-state index >= 15 is 0 Å². The van der Waals surface area contributed by atoms with Gasteiger partial charge in [0.15, 0.2) is 0 Å². The number of methoxy groups -OCH3 is 1. The number of sulfonamides is 1. The summed E-state index contributed by atoms with van der Waals surface area (Å²) in [5.41, 5.74) is 0.834. The summed E-state index contributed by atoms with van der Waals surface area (Å²) in [6.45, 7) is 1.80. The van der Waals surface area contributed by atoms with Crippen molar-refractivity contribution in [1.82, 2.24) is 14.2 Å². The first-order valence-electron chi connectivity index (χ1n) is 11.8. The fourth-order valence-electron chi connectivity index (χ4n) is 4.60. The van der Waals surface area contributed by atoms with Crippen molar-refractivity contribution in [2.24, 2.45) is 5.92 Å². The number of rotatable bonds is 6. The molecule has 34 heavy (non-hydrogen) atoms. The van der Waals surface area contributed by atoms with Crippen molar-refractivity contribution < 1.29 is 22.7 Å². The van der Waals surface area contributed by atoms with Crippen molar-refractivity contribution in [1.29, 1.82) is 0 Å². The number of amides is 2. The molecule has 2 saturated heterocycles. The number of benzene rings is 1. The van der Waals surface area contributed by atoms with E-state index < -0.39 is 15.9 Å². The molecule has 1 atom stereocenters. The van der Waals surface area contributed by atoms with E-state index in [-0.39, 0.29) is 28.9 Å². The summed E-state index contributed by atoms with van der Waals surface area (Å²) in [5, 5.41) is 2.86. The van der Waals surface area contributed by atoms with Crippen LogP contribution in [0.25, 0.3) is 0 Å². The first kappa shape index (κ1) is 24.3. The maximum absolute atomic E-state index is 13.3. The Balaban J connectivity index is 1.44. The van der Waals surface area contributed by atoms with Gasteiger partial charge in [-0.1, -0.05) is 25.0 Å². The fourth-order valence-corrected chi connectivity index (χ4v) is 6.12. The Morgan fingerprint density at radius 1 is 1.06 bits per heavy atom. The lowest BCUT2D eigenvalue weighted by atomic mass is 9.98. The van der Waals surface area contributed by atoms with Crippen molar-refractivity contribution in [2.75, 3.05) is 38.6 Å². The summed E-state index contributed by atoms with van der Waals surface area (Å²) in [6, 6.07) is 8.53. The van der Waals surface area contributed by atoms with Gasteiger partial charge in [0.1, 0.15) is 16.3 Å². The van der Waals surface area contributed by atoms with Crippen molar-refractivity contribution in [3.8, 4) is 5.75 Å². The highest BCUT2D eigenvalue weighted by Gasteiger charge is 2.34. The van der Waals surface area contributed by atoms with E-state index in [2.05, 4.69) is 10.3 Å². The minimum Gasteiger partial charge on any atom is -0.495 e. The zero-order chi connectivity index (χ0) is 24.1. The predicted octanol–water partition coefficient (Wildman–Crippen LogP) is 3.08. The molecule has 0 saturated carbocycles. The van der Waals surface area contributed by atoms with E-state index in [1.165, 1.54) is 23.7 Å². The molecule has 2 aliphatic rings. The minimum absolute atomic E-state index is 0.0523. The molecule has 1 aromatic heterocycles. The van der Waals surface area contributed by atoms with Crippen molar-refractivity contribution in [2.45, 2.75) is 43.4 Å². The number of ether oxygens (including phenoxy) is 1. The summed E-state index contributed by atoms with van der Waals surface area (Å²) in [7, 11) is -2.31. The van der Waals surface area contributed by atoms with Crippen LogP contribution in [0.15, 0.2) is 41.4 Å². The lowest BCUT2D eigenvalue weighted by Gasteiger charge is -2.31. The molecule has 2 aromatic rings. The molecule has 0 spiro atoms. The lowest BCUT2D eigenvalue weighted by Crippen LogP contribution is -2.43. The fraction of sp³-hybridized carbons (Fsp3) is 0.500. The van der Waals surface area contributed by atoms with Crippen molar-refractivity contribution in [3.63, 3.8) is 0 Å². The monoisotopic (exact) mass is 488 g/mol. The van der Waals surface area contributed by atoms with Crippen LogP contribution in [0.4, 0.5) is 5.69 Å². The summed E-state index contributed by atoms with van der Waals surface area (Å²) >= 11 is 0. The van der Waals surface area contributed by atoms with E-state index in [4.69, 9.17) is 4.74 Å². The first-order chi connectivity index (χ1) is 16.4. The number of para-hydroxylation sites is 2. The Morgan fingerprint density at radius 3 is 2.53 bits per heavy atom. The molecule has 10 heteroatoms. The molecule has 1 aromatic carbocycles. The summed E-state index contributed by atoms with van der Waals surface area (Å²) in [5.74, 6) is -0.345. The quantitative estimate of drug-likeness (QED) is 0.649. The number of hydrogen-bond donors (Lipinski definition) is 2. The number of nitrogens with one attached hydrogen (secondary N) is 2. The molecule has 4 rings (SSSR count). The first-order valence-corrected chi connectivity index (χ1v) is 13.3. The maximum Gasteiger partial charge on any atom is 0.270 e. The Bertz CT molecular complexity index is 1120. The van der Waals surface area contributed by atoms with Gasteiger partial charge in [0, 0.05) is 32.4 Å². The largest absolute Gasteiger partial charge is 0.495 e. The molecule has 3 heterocycles. The molecule has 184 valence electrons. The van der Waals surface area contributed by atoms with Crippen LogP contribution in [0.5, 0.6) is 5.75 Å². The van der Waals surface area contributed by atoms with E-state index in [1.807, 2.05) is 6.07 Å². The molecular weight excluding hydrogens is 456 g/mol. The van der Waals surface area contributed by atoms with E-state index in [0.29, 0.717) is 43.9 Å². The van der Waals surface area contributed by atoms with Gasteiger partial charge in [-0.25, -0.2) is 8.42 Å². The molecule has 2 amide bonds. The van der Waals surface area contributed by atoms with Crippen molar-refractivity contribution >= 4 is 27.5 Å². The van der Waals surface area contributed by atoms with Crippen LogP contribution in [0, 0.1) is 5.92 Å². The molecule has 0 bridgehead atoms. The van der Waals surface area contributed by atoms with Gasteiger partial charge in [-0.2, -0.15) is 4.31 Å². The van der Waals surface area contributed by atoms with Gasteiger partial charge in [-0.15, -0.1) is 0 Å². The number of H-pyrrole nitrogens is 1. The van der Waals surface area contributed by atoms with Crippen LogP contribution in [0.1, 0.15) is 49.0 Å². The van der Waals surface area contributed by atoms with Gasteiger partial charge in [0.25, 0.3) is 5.91 Å². The second-order valence-electron chi connectivity index (χ2n) is 8.85. The number of carbonyl (C=O) groups excluding carboxylic acids is 2. The van der Waals surface area contributed by atoms with Gasteiger partial charge >= 0.3 is 0 Å². The zero-order valence-corrected chi connectivity index (χ0v) is 20.3. The second kappa shape index (κ2) is 10.6. The molecule has 2 N–H and O–H groups in total. The molecule has 0 aliphatic carbocycles. The van der Waals surface area contributed by atoms with E-state index in [0.717, 1.165) is 25.7 Å². The Labute approximate surface area is 200 Å². The summed E-state index contributed by atoms with van der Waals surface area (Å²) < 4.78 is 33.2. The number of piperidine rings is 1. The van der Waals surface area contributed by atoms with Crippen LogP contribution in [-0.2, 0) is 14.8 Å². The van der Waals surface area contributed by atoms with Crippen LogP contribution in [0.3, 0.4) is 0 Å². The third-order valence-corrected chi connectivity index (χ3v) is 8.38. The zero-order valence-electron chi connectivity index (χ0n) is 19.5.